The summed E-state index contributed by atoms with van der Waals surface area (Å²) in [7, 11) is -1.15. The Hall–Kier alpha value is -2.81. The van der Waals surface area contributed by atoms with Crippen LogP contribution < -0.4 is 19.7 Å². The molecule has 1 atom stereocenters. The van der Waals surface area contributed by atoms with E-state index in [1.165, 1.54) is 0 Å². The number of nitrogens with one attached hydrogen (secondary N) is 1. The number of carbonyl (C=O) groups excluding carboxylic acids is 1. The predicted molar refractivity (Wildman–Crippen MR) is 100 cm³/mol. The summed E-state index contributed by atoms with van der Waals surface area (Å²) in [5.74, 6) is 1.19. The highest BCUT2D eigenvalue weighted by Crippen LogP contribution is 2.34. The van der Waals surface area contributed by atoms with Crippen LogP contribution in [0.4, 0.5) is 11.4 Å². The number of amides is 1. The first-order valence-corrected chi connectivity index (χ1v) is 10.3. The zero-order chi connectivity index (χ0) is 19.0. The molecule has 0 radical (unpaired) electrons. The molecule has 27 heavy (non-hydrogen) atoms. The monoisotopic (exact) mass is 389 g/mol. The normalized spacial score (nSPS) is 19.7. The Balaban J connectivity index is 1.49. The highest BCUT2D eigenvalue weighted by molar-refractivity contribution is 7.91. The van der Waals surface area contributed by atoms with Crippen LogP contribution in [0.5, 0.6) is 11.5 Å². The lowest BCUT2D eigenvalue weighted by molar-refractivity contribution is 0.102. The molecule has 1 saturated heterocycles. The summed E-state index contributed by atoms with van der Waals surface area (Å²) in [6, 6.07) is 8.48. The van der Waals surface area contributed by atoms with Gasteiger partial charge in [-0.25, -0.2) is 8.42 Å². The molecule has 0 saturated carbocycles. The number of hydrogen-bond acceptors (Lipinski definition) is 7. The Morgan fingerprint density at radius 2 is 2.04 bits per heavy atom. The SMILES string of the molecule is CN(c1ccnc(C(=O)Nc2ccc3c(c2)OCO3)c1)C1CCS(=O)(=O)C1. The zero-order valence-electron chi connectivity index (χ0n) is 14.7. The average Bonchev–Trinajstić information content (AvgIpc) is 3.26. The van der Waals surface area contributed by atoms with Gasteiger partial charge in [-0.1, -0.05) is 0 Å². The minimum Gasteiger partial charge on any atom is -0.454 e. The van der Waals surface area contributed by atoms with Gasteiger partial charge in [0.05, 0.1) is 11.5 Å². The maximum absolute atomic E-state index is 12.6. The van der Waals surface area contributed by atoms with Gasteiger partial charge in [0.2, 0.25) is 6.79 Å². The quantitative estimate of drug-likeness (QED) is 0.850. The summed E-state index contributed by atoms with van der Waals surface area (Å²) < 4.78 is 34.0. The Bertz CT molecular complexity index is 992. The van der Waals surface area contributed by atoms with Crippen molar-refractivity contribution in [1.29, 1.82) is 0 Å². The lowest BCUT2D eigenvalue weighted by Crippen LogP contribution is -2.32. The van der Waals surface area contributed by atoms with Crippen LogP contribution in [0.3, 0.4) is 0 Å². The third kappa shape index (κ3) is 3.68. The summed E-state index contributed by atoms with van der Waals surface area (Å²) in [6.45, 7) is 0.166. The van der Waals surface area contributed by atoms with Crippen molar-refractivity contribution in [2.24, 2.45) is 0 Å². The van der Waals surface area contributed by atoms with E-state index < -0.39 is 9.84 Å². The van der Waals surface area contributed by atoms with Crippen molar-refractivity contribution < 1.29 is 22.7 Å². The Kier molecular flexibility index (Phi) is 4.39. The molecule has 1 N–H and O–H groups in total. The summed E-state index contributed by atoms with van der Waals surface area (Å²) >= 11 is 0. The standard InChI is InChI=1S/C18H19N3O5S/c1-21(14-5-7-27(23,24)10-14)13-4-6-19-15(9-13)18(22)20-12-2-3-16-17(8-12)26-11-25-16/h2-4,6,8-9,14H,5,7,10-11H2,1H3,(H,20,22). The average molecular weight is 389 g/mol. The zero-order valence-corrected chi connectivity index (χ0v) is 15.5. The molecule has 2 aliphatic rings. The van der Waals surface area contributed by atoms with Gasteiger partial charge in [-0.3, -0.25) is 9.78 Å². The van der Waals surface area contributed by atoms with Crippen LogP contribution >= 0.6 is 0 Å². The summed E-state index contributed by atoms with van der Waals surface area (Å²) in [5, 5.41) is 2.79. The number of nitrogens with zero attached hydrogens (tertiary/aromatic N) is 2. The van der Waals surface area contributed by atoms with Crippen molar-refractivity contribution in [3.8, 4) is 11.5 Å². The number of ether oxygens (including phenoxy) is 2. The van der Waals surface area contributed by atoms with Gasteiger partial charge in [0, 0.05) is 36.7 Å². The van der Waals surface area contributed by atoms with Crippen molar-refractivity contribution >= 4 is 27.1 Å². The van der Waals surface area contributed by atoms with Crippen molar-refractivity contribution in [3.63, 3.8) is 0 Å². The molecular formula is C18H19N3O5S. The van der Waals surface area contributed by atoms with E-state index in [2.05, 4.69) is 10.3 Å². The van der Waals surface area contributed by atoms with Crippen molar-refractivity contribution in [3.05, 3.63) is 42.2 Å². The van der Waals surface area contributed by atoms with Crippen LogP contribution in [0.15, 0.2) is 36.5 Å². The maximum Gasteiger partial charge on any atom is 0.274 e. The smallest absolute Gasteiger partial charge is 0.274 e. The minimum atomic E-state index is -2.98. The Labute approximate surface area is 157 Å². The van der Waals surface area contributed by atoms with E-state index in [4.69, 9.17) is 9.47 Å². The largest absolute Gasteiger partial charge is 0.454 e. The molecule has 1 aromatic carbocycles. The molecule has 1 fully saturated rings. The topological polar surface area (TPSA) is 97.8 Å². The van der Waals surface area contributed by atoms with Crippen LogP contribution in [0.1, 0.15) is 16.9 Å². The van der Waals surface area contributed by atoms with E-state index in [1.807, 2.05) is 11.9 Å². The third-order valence-electron chi connectivity index (χ3n) is 4.77. The van der Waals surface area contributed by atoms with Gasteiger partial charge in [-0.05, 0) is 30.7 Å². The number of hydrogen-bond donors (Lipinski definition) is 1. The van der Waals surface area contributed by atoms with Gasteiger partial charge in [-0.15, -0.1) is 0 Å². The number of pyridine rings is 1. The molecule has 0 bridgehead atoms. The van der Waals surface area contributed by atoms with Crippen LogP contribution in [0.25, 0.3) is 0 Å². The van der Waals surface area contributed by atoms with Gasteiger partial charge in [-0.2, -0.15) is 0 Å². The highest BCUT2D eigenvalue weighted by atomic mass is 32.2. The molecular weight excluding hydrogens is 370 g/mol. The van der Waals surface area contributed by atoms with Crippen molar-refractivity contribution in [2.45, 2.75) is 12.5 Å². The molecule has 2 aliphatic heterocycles. The second kappa shape index (κ2) is 6.73. The maximum atomic E-state index is 12.6. The molecule has 1 aromatic heterocycles. The van der Waals surface area contributed by atoms with E-state index in [0.29, 0.717) is 23.6 Å². The van der Waals surface area contributed by atoms with Gasteiger partial charge < -0.3 is 19.7 Å². The first kappa shape index (κ1) is 17.6. The fourth-order valence-electron chi connectivity index (χ4n) is 3.22. The second-order valence-corrected chi connectivity index (χ2v) is 8.82. The van der Waals surface area contributed by atoms with Crippen molar-refractivity contribution in [2.75, 3.05) is 35.6 Å². The van der Waals surface area contributed by atoms with Crippen molar-refractivity contribution in [1.82, 2.24) is 4.98 Å². The lowest BCUT2D eigenvalue weighted by Gasteiger charge is -2.25. The summed E-state index contributed by atoms with van der Waals surface area (Å²) in [5.41, 5.74) is 1.58. The van der Waals surface area contributed by atoms with Gasteiger partial charge in [0.25, 0.3) is 5.91 Å². The van der Waals surface area contributed by atoms with E-state index in [9.17, 15) is 13.2 Å². The van der Waals surface area contributed by atoms with Crippen LogP contribution in [0.2, 0.25) is 0 Å². The number of sulfone groups is 1. The first-order chi connectivity index (χ1) is 12.9. The predicted octanol–water partition coefficient (Wildman–Crippen LogP) is 1.69. The number of rotatable bonds is 4. The molecule has 0 spiro atoms. The molecule has 1 amide bonds. The molecule has 8 nitrogen and oxygen atoms in total. The highest BCUT2D eigenvalue weighted by Gasteiger charge is 2.31. The molecule has 0 aliphatic carbocycles. The third-order valence-corrected chi connectivity index (χ3v) is 6.52. The van der Waals surface area contributed by atoms with Gasteiger partial charge in [0.15, 0.2) is 21.3 Å². The number of aromatic nitrogens is 1. The Morgan fingerprint density at radius 3 is 2.81 bits per heavy atom. The summed E-state index contributed by atoms with van der Waals surface area (Å²) in [6.07, 6.45) is 2.13. The van der Waals surface area contributed by atoms with Crippen LogP contribution in [-0.4, -0.2) is 50.7 Å². The van der Waals surface area contributed by atoms with E-state index >= 15 is 0 Å². The number of fused-ring (bicyclic) bond motifs is 1. The van der Waals surface area contributed by atoms with E-state index in [-0.39, 0.29) is 35.9 Å². The van der Waals surface area contributed by atoms with Crippen LogP contribution in [0, 0.1) is 0 Å². The number of carbonyl (C=O) groups is 1. The van der Waals surface area contributed by atoms with E-state index in [0.717, 1.165) is 5.69 Å². The number of anilines is 2. The van der Waals surface area contributed by atoms with Gasteiger partial charge >= 0.3 is 0 Å². The molecule has 1 unspecified atom stereocenters. The molecule has 3 heterocycles. The molecule has 2 aromatic rings. The Morgan fingerprint density at radius 1 is 1.22 bits per heavy atom. The van der Waals surface area contributed by atoms with Crippen LogP contribution in [-0.2, 0) is 9.84 Å². The second-order valence-electron chi connectivity index (χ2n) is 6.59. The molecule has 142 valence electrons. The molecule has 9 heteroatoms. The lowest BCUT2D eigenvalue weighted by atomic mass is 10.2. The summed E-state index contributed by atoms with van der Waals surface area (Å²) in [4.78, 5) is 18.6. The van der Waals surface area contributed by atoms with Gasteiger partial charge in [0.1, 0.15) is 5.69 Å². The minimum absolute atomic E-state index is 0.0952. The molecule has 4 rings (SSSR count). The fraction of sp³-hybridized carbons (Fsp3) is 0.333. The number of benzene rings is 1. The van der Waals surface area contributed by atoms with E-state index in [1.54, 1.807) is 36.5 Å². The fourth-order valence-corrected chi connectivity index (χ4v) is 5.00. The first-order valence-electron chi connectivity index (χ1n) is 8.52.